The number of amides is 1. The van der Waals surface area contributed by atoms with Crippen LogP contribution in [0, 0.1) is 19.7 Å². The lowest BCUT2D eigenvalue weighted by Crippen LogP contribution is -2.39. The number of fused-ring (bicyclic) bond motifs is 3. The average Bonchev–Trinajstić information content (AvgIpc) is 3.32. The van der Waals surface area contributed by atoms with E-state index in [1.54, 1.807) is 47.8 Å². The number of benzene rings is 2. The van der Waals surface area contributed by atoms with Crippen LogP contribution in [0.25, 0.3) is 22.6 Å². The van der Waals surface area contributed by atoms with Crippen molar-refractivity contribution in [3.63, 3.8) is 0 Å². The molecule has 0 bridgehead atoms. The molecule has 34 heavy (non-hydrogen) atoms. The molecule has 0 aliphatic rings. The standard InChI is InChI=1S/C24H21FN6O3/c1-13-14(2)31-19-21(27-23(31)30(13)18-10-6-16(7-11-18)20(26)32)28(3)24(34)29(22(19)33)12-15-4-8-17(25)9-5-15/h4-11H,12H2,1-3H3,(H2,26,32). The van der Waals surface area contributed by atoms with E-state index >= 15 is 0 Å². The van der Waals surface area contributed by atoms with Crippen molar-refractivity contribution < 1.29 is 9.18 Å². The Morgan fingerprint density at radius 2 is 1.65 bits per heavy atom. The Kier molecular flexibility index (Phi) is 4.75. The van der Waals surface area contributed by atoms with Gasteiger partial charge in [-0.05, 0) is 55.8 Å². The number of halogens is 1. The monoisotopic (exact) mass is 460 g/mol. The molecule has 0 aliphatic heterocycles. The summed E-state index contributed by atoms with van der Waals surface area (Å²) >= 11 is 0. The second-order valence-electron chi connectivity index (χ2n) is 8.20. The lowest BCUT2D eigenvalue weighted by atomic mass is 10.2. The van der Waals surface area contributed by atoms with Gasteiger partial charge in [0.2, 0.25) is 11.7 Å². The Morgan fingerprint density at radius 1 is 1.00 bits per heavy atom. The van der Waals surface area contributed by atoms with Crippen LogP contribution in [0.5, 0.6) is 0 Å². The van der Waals surface area contributed by atoms with Crippen LogP contribution < -0.4 is 17.0 Å². The van der Waals surface area contributed by atoms with Crippen LogP contribution in [0.2, 0.25) is 0 Å². The number of aryl methyl sites for hydroxylation is 2. The fraction of sp³-hybridized carbons (Fsp3) is 0.167. The van der Waals surface area contributed by atoms with E-state index in [4.69, 9.17) is 5.73 Å². The number of rotatable bonds is 4. The summed E-state index contributed by atoms with van der Waals surface area (Å²) in [5, 5.41) is 0. The first-order valence-corrected chi connectivity index (χ1v) is 10.5. The SMILES string of the molecule is Cc1c(C)n2c3c(=O)n(Cc4ccc(F)cc4)c(=O)n(C)c3nc2n1-c1ccc(C(N)=O)cc1. The minimum absolute atomic E-state index is 0.00226. The number of hydrogen-bond acceptors (Lipinski definition) is 4. The lowest BCUT2D eigenvalue weighted by molar-refractivity contribution is 0.100. The Bertz CT molecular complexity index is 1720. The largest absolute Gasteiger partial charge is 0.366 e. The van der Waals surface area contributed by atoms with Crippen LogP contribution in [-0.2, 0) is 13.6 Å². The van der Waals surface area contributed by atoms with E-state index in [2.05, 4.69) is 4.98 Å². The number of primary amides is 1. The zero-order chi connectivity index (χ0) is 24.3. The van der Waals surface area contributed by atoms with E-state index in [9.17, 15) is 18.8 Å². The Morgan fingerprint density at radius 3 is 2.26 bits per heavy atom. The van der Waals surface area contributed by atoms with Crippen molar-refractivity contribution in [2.24, 2.45) is 12.8 Å². The highest BCUT2D eigenvalue weighted by Crippen LogP contribution is 2.24. The Labute approximate surface area is 192 Å². The normalized spacial score (nSPS) is 11.5. The number of imidazole rings is 2. The van der Waals surface area contributed by atoms with Gasteiger partial charge >= 0.3 is 5.69 Å². The van der Waals surface area contributed by atoms with Gasteiger partial charge in [-0.1, -0.05) is 12.1 Å². The molecule has 0 fully saturated rings. The van der Waals surface area contributed by atoms with Gasteiger partial charge < -0.3 is 5.73 Å². The van der Waals surface area contributed by atoms with Crippen molar-refractivity contribution in [1.29, 1.82) is 0 Å². The molecule has 1 amide bonds. The molecular formula is C24H21FN6O3. The van der Waals surface area contributed by atoms with Gasteiger partial charge in [0.05, 0.1) is 6.54 Å². The number of carbonyl (C=O) groups excluding carboxylic acids is 1. The Hall–Kier alpha value is -4.47. The van der Waals surface area contributed by atoms with E-state index in [1.165, 1.54) is 16.7 Å². The topological polar surface area (TPSA) is 109 Å². The van der Waals surface area contributed by atoms with Gasteiger partial charge in [0.15, 0.2) is 11.2 Å². The molecule has 9 nitrogen and oxygen atoms in total. The third-order valence-electron chi connectivity index (χ3n) is 6.18. The summed E-state index contributed by atoms with van der Waals surface area (Å²) in [6.45, 7) is 3.77. The van der Waals surface area contributed by atoms with E-state index in [-0.39, 0.29) is 17.7 Å². The van der Waals surface area contributed by atoms with Gasteiger partial charge in [0.25, 0.3) is 5.56 Å². The van der Waals surface area contributed by atoms with E-state index in [0.29, 0.717) is 16.9 Å². The summed E-state index contributed by atoms with van der Waals surface area (Å²) < 4.78 is 19.3. The summed E-state index contributed by atoms with van der Waals surface area (Å²) in [5.41, 5.74) is 8.22. The molecule has 0 unspecified atom stereocenters. The van der Waals surface area contributed by atoms with Crippen LogP contribution in [0.4, 0.5) is 4.39 Å². The van der Waals surface area contributed by atoms with Crippen LogP contribution in [0.15, 0.2) is 58.1 Å². The zero-order valence-electron chi connectivity index (χ0n) is 18.7. The molecule has 3 aromatic heterocycles. The minimum atomic E-state index is -0.527. The maximum Gasteiger partial charge on any atom is 0.332 e. The quantitative estimate of drug-likeness (QED) is 0.443. The zero-order valence-corrected chi connectivity index (χ0v) is 18.7. The average molecular weight is 460 g/mol. The van der Waals surface area contributed by atoms with Crippen LogP contribution in [0.1, 0.15) is 27.3 Å². The fourth-order valence-corrected chi connectivity index (χ4v) is 4.25. The fourth-order valence-electron chi connectivity index (χ4n) is 4.25. The first kappa shape index (κ1) is 21.4. The van der Waals surface area contributed by atoms with Crippen LogP contribution >= 0.6 is 0 Å². The summed E-state index contributed by atoms with van der Waals surface area (Å²) in [6, 6.07) is 12.4. The molecular weight excluding hydrogens is 439 g/mol. The third kappa shape index (κ3) is 3.06. The molecule has 3 heterocycles. The molecule has 0 saturated carbocycles. The van der Waals surface area contributed by atoms with Gasteiger partial charge in [0.1, 0.15) is 5.82 Å². The van der Waals surface area contributed by atoms with Gasteiger partial charge in [-0.2, -0.15) is 4.98 Å². The van der Waals surface area contributed by atoms with Gasteiger partial charge in [-0.3, -0.25) is 27.7 Å². The maximum atomic E-state index is 13.5. The van der Waals surface area contributed by atoms with E-state index in [0.717, 1.165) is 21.6 Å². The summed E-state index contributed by atoms with van der Waals surface area (Å²) in [5.74, 6) is -0.461. The van der Waals surface area contributed by atoms with Crippen molar-refractivity contribution in [1.82, 2.24) is 23.1 Å². The number of nitrogens with zero attached hydrogens (tertiary/aromatic N) is 5. The number of hydrogen-bond donors (Lipinski definition) is 1. The Balaban J connectivity index is 1.78. The number of nitrogens with two attached hydrogens (primary N) is 1. The molecule has 0 spiro atoms. The molecule has 5 rings (SSSR count). The second-order valence-corrected chi connectivity index (χ2v) is 8.20. The molecule has 10 heteroatoms. The summed E-state index contributed by atoms with van der Waals surface area (Å²) in [7, 11) is 1.56. The van der Waals surface area contributed by atoms with Gasteiger partial charge in [-0.15, -0.1) is 0 Å². The summed E-state index contributed by atoms with van der Waals surface area (Å²) in [4.78, 5) is 42.7. The van der Waals surface area contributed by atoms with Crippen molar-refractivity contribution >= 4 is 22.8 Å². The predicted molar refractivity (Wildman–Crippen MR) is 125 cm³/mol. The van der Waals surface area contributed by atoms with Crippen molar-refractivity contribution in [3.8, 4) is 5.69 Å². The molecule has 0 saturated heterocycles. The molecule has 5 aromatic rings. The lowest BCUT2D eigenvalue weighted by Gasteiger charge is -2.09. The van der Waals surface area contributed by atoms with Gasteiger partial charge in [0, 0.05) is 29.7 Å². The maximum absolute atomic E-state index is 13.5. The highest BCUT2D eigenvalue weighted by Gasteiger charge is 2.23. The third-order valence-corrected chi connectivity index (χ3v) is 6.18. The molecule has 172 valence electrons. The number of carbonyl (C=O) groups is 1. The second kappa shape index (κ2) is 7.55. The molecule has 2 aromatic carbocycles. The smallest absolute Gasteiger partial charge is 0.332 e. The highest BCUT2D eigenvalue weighted by atomic mass is 19.1. The van der Waals surface area contributed by atoms with E-state index in [1.807, 2.05) is 18.4 Å². The van der Waals surface area contributed by atoms with Crippen molar-refractivity contribution in [2.45, 2.75) is 20.4 Å². The number of aromatic nitrogens is 5. The molecule has 0 radical (unpaired) electrons. The van der Waals surface area contributed by atoms with Crippen LogP contribution in [-0.4, -0.2) is 29.0 Å². The van der Waals surface area contributed by atoms with Crippen molar-refractivity contribution in [2.75, 3.05) is 0 Å². The first-order chi connectivity index (χ1) is 16.2. The molecule has 2 N–H and O–H groups in total. The molecule has 0 atom stereocenters. The van der Waals surface area contributed by atoms with Crippen molar-refractivity contribution in [3.05, 3.63) is 97.7 Å². The first-order valence-electron chi connectivity index (χ1n) is 10.5. The van der Waals surface area contributed by atoms with E-state index < -0.39 is 23.0 Å². The highest BCUT2D eigenvalue weighted by molar-refractivity contribution is 5.93. The summed E-state index contributed by atoms with van der Waals surface area (Å²) in [6.07, 6.45) is 0. The molecule has 0 aliphatic carbocycles. The van der Waals surface area contributed by atoms with Crippen LogP contribution in [0.3, 0.4) is 0 Å². The minimum Gasteiger partial charge on any atom is -0.366 e. The predicted octanol–water partition coefficient (Wildman–Crippen LogP) is 2.04. The van der Waals surface area contributed by atoms with Gasteiger partial charge in [-0.25, -0.2) is 9.18 Å².